The second kappa shape index (κ2) is 8.96. The molecule has 2 amide bonds. The molecule has 8 heteroatoms. The van der Waals surface area contributed by atoms with E-state index in [4.69, 9.17) is 10.5 Å². The van der Waals surface area contributed by atoms with Crippen molar-refractivity contribution in [2.45, 2.75) is 12.8 Å². The maximum absolute atomic E-state index is 12.6. The van der Waals surface area contributed by atoms with E-state index in [0.717, 1.165) is 9.75 Å². The molecule has 1 fully saturated rings. The van der Waals surface area contributed by atoms with Crippen molar-refractivity contribution >= 4 is 52.1 Å². The number of thiophene rings is 2. The van der Waals surface area contributed by atoms with E-state index < -0.39 is 11.9 Å². The van der Waals surface area contributed by atoms with Crippen LogP contribution in [0, 0.1) is 5.92 Å². The van der Waals surface area contributed by atoms with Gasteiger partial charge >= 0.3 is 5.97 Å². The Hall–Kier alpha value is -2.45. The van der Waals surface area contributed by atoms with Crippen molar-refractivity contribution in [3.8, 4) is 0 Å². The number of nitrogens with zero attached hydrogens (tertiary/aromatic N) is 1. The van der Waals surface area contributed by atoms with Gasteiger partial charge < -0.3 is 15.4 Å². The highest BCUT2D eigenvalue weighted by molar-refractivity contribution is 7.12. The minimum atomic E-state index is -0.539. The third-order valence-corrected chi connectivity index (χ3v) is 6.06. The van der Waals surface area contributed by atoms with Crippen LogP contribution in [0.2, 0.25) is 0 Å². The Morgan fingerprint density at radius 1 is 1.22 bits per heavy atom. The molecule has 2 aromatic heterocycles. The summed E-state index contributed by atoms with van der Waals surface area (Å²) in [5.74, 6) is -1.58. The fourth-order valence-electron chi connectivity index (χ4n) is 2.91. The Labute approximate surface area is 165 Å². The number of piperidine rings is 1. The number of hydrogen-bond donors (Lipinski definition) is 1. The number of rotatable bonds is 6. The second-order valence-electron chi connectivity index (χ2n) is 6.21. The van der Waals surface area contributed by atoms with Gasteiger partial charge in [0.05, 0.1) is 11.5 Å². The van der Waals surface area contributed by atoms with E-state index in [1.807, 2.05) is 35.0 Å². The third kappa shape index (κ3) is 5.05. The van der Waals surface area contributed by atoms with Crippen molar-refractivity contribution in [3.63, 3.8) is 0 Å². The zero-order valence-corrected chi connectivity index (χ0v) is 16.3. The SMILES string of the molecule is NC(=O)[C@@H]1CCCN(C(=O)COC(=O)/C(=C/c2cccs2)c2cccs2)C1. The Morgan fingerprint density at radius 3 is 2.67 bits per heavy atom. The number of nitrogens with two attached hydrogens (primary N) is 1. The van der Waals surface area contributed by atoms with E-state index in [0.29, 0.717) is 25.0 Å². The highest BCUT2D eigenvalue weighted by atomic mass is 32.1. The topological polar surface area (TPSA) is 89.7 Å². The summed E-state index contributed by atoms with van der Waals surface area (Å²) in [7, 11) is 0. The molecule has 1 aliphatic rings. The van der Waals surface area contributed by atoms with E-state index in [1.54, 1.807) is 11.0 Å². The summed E-state index contributed by atoms with van der Waals surface area (Å²) in [6.07, 6.45) is 3.17. The molecule has 27 heavy (non-hydrogen) atoms. The van der Waals surface area contributed by atoms with Gasteiger partial charge in [0.1, 0.15) is 0 Å². The number of hydrogen-bond acceptors (Lipinski definition) is 6. The molecule has 0 radical (unpaired) electrons. The highest BCUT2D eigenvalue weighted by Gasteiger charge is 2.27. The molecule has 1 aliphatic heterocycles. The van der Waals surface area contributed by atoms with Gasteiger partial charge in [-0.15, -0.1) is 22.7 Å². The van der Waals surface area contributed by atoms with Crippen molar-refractivity contribution in [3.05, 3.63) is 44.8 Å². The predicted octanol–water partition coefficient (Wildman–Crippen LogP) is 2.62. The summed E-state index contributed by atoms with van der Waals surface area (Å²) in [5.41, 5.74) is 5.77. The Kier molecular flexibility index (Phi) is 6.41. The predicted molar refractivity (Wildman–Crippen MR) is 106 cm³/mol. The molecule has 2 aromatic rings. The van der Waals surface area contributed by atoms with Crippen LogP contribution in [0.1, 0.15) is 22.6 Å². The van der Waals surface area contributed by atoms with Crippen molar-refractivity contribution in [2.24, 2.45) is 11.7 Å². The fourth-order valence-corrected chi connectivity index (χ4v) is 4.30. The van der Waals surface area contributed by atoms with Gasteiger partial charge in [-0.3, -0.25) is 9.59 Å². The van der Waals surface area contributed by atoms with Crippen LogP contribution in [0.5, 0.6) is 0 Å². The maximum atomic E-state index is 12.6. The Balaban J connectivity index is 1.64. The summed E-state index contributed by atoms with van der Waals surface area (Å²) >= 11 is 2.95. The molecule has 6 nitrogen and oxygen atoms in total. The lowest BCUT2D eigenvalue weighted by Crippen LogP contribution is -2.45. The van der Waals surface area contributed by atoms with Gasteiger partial charge in [0.2, 0.25) is 5.91 Å². The van der Waals surface area contributed by atoms with Crippen LogP contribution in [0.3, 0.4) is 0 Å². The van der Waals surface area contributed by atoms with Gasteiger partial charge in [0.15, 0.2) is 6.61 Å². The summed E-state index contributed by atoms with van der Waals surface area (Å²) in [4.78, 5) is 39.6. The molecule has 0 spiro atoms. The normalized spacial score (nSPS) is 17.6. The van der Waals surface area contributed by atoms with Crippen molar-refractivity contribution < 1.29 is 19.1 Å². The molecular weight excluding hydrogens is 384 g/mol. The number of primary amides is 1. The molecule has 2 N–H and O–H groups in total. The number of ether oxygens (including phenoxy) is 1. The van der Waals surface area contributed by atoms with Crippen molar-refractivity contribution in [2.75, 3.05) is 19.7 Å². The molecular formula is C19H20N2O4S2. The summed E-state index contributed by atoms with van der Waals surface area (Å²) < 4.78 is 5.28. The van der Waals surface area contributed by atoms with Crippen LogP contribution >= 0.6 is 22.7 Å². The summed E-state index contributed by atoms with van der Waals surface area (Å²) in [6.45, 7) is 0.481. The van der Waals surface area contributed by atoms with Gasteiger partial charge in [-0.05, 0) is 41.8 Å². The van der Waals surface area contributed by atoms with Crippen LogP contribution in [-0.4, -0.2) is 42.4 Å². The second-order valence-corrected chi connectivity index (χ2v) is 8.14. The Morgan fingerprint density at radius 2 is 2.00 bits per heavy atom. The van der Waals surface area contributed by atoms with Gasteiger partial charge in [-0.1, -0.05) is 12.1 Å². The zero-order valence-electron chi connectivity index (χ0n) is 14.6. The summed E-state index contributed by atoms with van der Waals surface area (Å²) in [5, 5.41) is 3.81. The minimum Gasteiger partial charge on any atom is -0.452 e. The Bertz CT molecular complexity index is 828. The average Bonchev–Trinajstić information content (AvgIpc) is 3.37. The van der Waals surface area contributed by atoms with E-state index >= 15 is 0 Å². The lowest BCUT2D eigenvalue weighted by Gasteiger charge is -2.31. The van der Waals surface area contributed by atoms with Gasteiger partial charge in [-0.25, -0.2) is 4.79 Å². The first kappa shape index (κ1) is 19.3. The molecule has 3 heterocycles. The molecule has 0 unspecified atom stereocenters. The fraction of sp³-hybridized carbons (Fsp3) is 0.316. The zero-order chi connectivity index (χ0) is 19.2. The standard InChI is InChI=1S/C19H20N2O4S2/c20-18(23)13-4-1-7-21(11-13)17(22)12-25-19(24)15(16-6-3-9-27-16)10-14-5-2-8-26-14/h2-3,5-6,8-10,13H,1,4,7,11-12H2,(H2,20,23)/b15-10+/t13-/m1/s1. The molecule has 1 atom stereocenters. The highest BCUT2D eigenvalue weighted by Crippen LogP contribution is 2.26. The van der Waals surface area contributed by atoms with Gasteiger partial charge in [0.25, 0.3) is 5.91 Å². The number of likely N-dealkylation sites (tertiary alicyclic amines) is 1. The van der Waals surface area contributed by atoms with Crippen LogP contribution in [-0.2, 0) is 19.1 Å². The molecule has 0 saturated carbocycles. The van der Waals surface area contributed by atoms with E-state index in [-0.39, 0.29) is 25.0 Å². The number of carbonyl (C=O) groups is 3. The molecule has 142 valence electrons. The molecule has 0 aliphatic carbocycles. The van der Waals surface area contributed by atoms with Crippen LogP contribution in [0.4, 0.5) is 0 Å². The molecule has 1 saturated heterocycles. The van der Waals surface area contributed by atoms with Crippen molar-refractivity contribution in [1.82, 2.24) is 4.90 Å². The van der Waals surface area contributed by atoms with E-state index in [1.165, 1.54) is 22.7 Å². The number of esters is 1. The minimum absolute atomic E-state index is 0.286. The van der Waals surface area contributed by atoms with Gasteiger partial charge in [0, 0.05) is 22.8 Å². The van der Waals surface area contributed by atoms with Crippen molar-refractivity contribution in [1.29, 1.82) is 0 Å². The van der Waals surface area contributed by atoms with E-state index in [9.17, 15) is 14.4 Å². The van der Waals surface area contributed by atoms with Gasteiger partial charge in [-0.2, -0.15) is 0 Å². The van der Waals surface area contributed by atoms with Crippen LogP contribution in [0.15, 0.2) is 35.0 Å². The number of carbonyl (C=O) groups excluding carboxylic acids is 3. The first-order chi connectivity index (χ1) is 13.0. The molecule has 0 aromatic carbocycles. The quantitative estimate of drug-likeness (QED) is 0.592. The smallest absolute Gasteiger partial charge is 0.340 e. The monoisotopic (exact) mass is 404 g/mol. The number of amides is 2. The maximum Gasteiger partial charge on any atom is 0.340 e. The third-order valence-electron chi connectivity index (χ3n) is 4.34. The van der Waals surface area contributed by atoms with Crippen LogP contribution in [0.25, 0.3) is 11.6 Å². The molecule has 3 rings (SSSR count). The molecule has 0 bridgehead atoms. The van der Waals surface area contributed by atoms with E-state index in [2.05, 4.69) is 0 Å². The largest absolute Gasteiger partial charge is 0.452 e. The average molecular weight is 405 g/mol. The van der Waals surface area contributed by atoms with Crippen LogP contribution < -0.4 is 5.73 Å². The lowest BCUT2D eigenvalue weighted by atomic mass is 9.97. The lowest BCUT2D eigenvalue weighted by molar-refractivity contribution is -0.149. The summed E-state index contributed by atoms with van der Waals surface area (Å²) in [6, 6.07) is 7.52. The first-order valence-electron chi connectivity index (χ1n) is 8.58. The first-order valence-corrected chi connectivity index (χ1v) is 10.3.